The number of benzene rings is 1. The second-order valence-electron chi connectivity index (χ2n) is 4.70. The molecule has 0 unspecified atom stereocenters. The summed E-state index contributed by atoms with van der Waals surface area (Å²) in [4.78, 5) is 24.5. The molecule has 2 amide bonds. The van der Waals surface area contributed by atoms with Gasteiger partial charge in [0.25, 0.3) is 5.91 Å². The SMILES string of the molecule is CNC(=O)c1ccsc1NC(=O)CCCSc1ccc(F)cc1. The van der Waals surface area contributed by atoms with Crippen LogP contribution in [0.4, 0.5) is 9.39 Å². The highest BCUT2D eigenvalue weighted by molar-refractivity contribution is 7.99. The zero-order valence-electron chi connectivity index (χ0n) is 12.6. The highest BCUT2D eigenvalue weighted by Crippen LogP contribution is 2.24. The highest BCUT2D eigenvalue weighted by Gasteiger charge is 2.13. The van der Waals surface area contributed by atoms with Crippen LogP contribution in [0.25, 0.3) is 0 Å². The van der Waals surface area contributed by atoms with Crippen LogP contribution in [0.1, 0.15) is 23.2 Å². The summed E-state index contributed by atoms with van der Waals surface area (Å²) in [5, 5.41) is 7.65. The number of hydrogen-bond acceptors (Lipinski definition) is 4. The summed E-state index contributed by atoms with van der Waals surface area (Å²) >= 11 is 2.91. The molecule has 0 bridgehead atoms. The number of anilines is 1. The smallest absolute Gasteiger partial charge is 0.254 e. The Morgan fingerprint density at radius 3 is 2.65 bits per heavy atom. The van der Waals surface area contributed by atoms with Crippen LogP contribution in [0, 0.1) is 5.82 Å². The topological polar surface area (TPSA) is 58.2 Å². The van der Waals surface area contributed by atoms with Crippen LogP contribution >= 0.6 is 23.1 Å². The number of thioether (sulfide) groups is 1. The van der Waals surface area contributed by atoms with Crippen LogP contribution in [0.2, 0.25) is 0 Å². The van der Waals surface area contributed by atoms with E-state index in [2.05, 4.69) is 10.6 Å². The molecule has 0 spiro atoms. The van der Waals surface area contributed by atoms with E-state index in [0.29, 0.717) is 23.4 Å². The second kappa shape index (κ2) is 8.69. The van der Waals surface area contributed by atoms with Crippen molar-refractivity contribution in [3.8, 4) is 0 Å². The summed E-state index contributed by atoms with van der Waals surface area (Å²) in [5.74, 6) is 0.188. The fraction of sp³-hybridized carbons (Fsp3) is 0.250. The van der Waals surface area contributed by atoms with E-state index in [-0.39, 0.29) is 17.6 Å². The minimum atomic E-state index is -0.253. The number of halogens is 1. The molecule has 2 rings (SSSR count). The van der Waals surface area contributed by atoms with E-state index < -0.39 is 0 Å². The first-order chi connectivity index (χ1) is 11.1. The molecule has 1 heterocycles. The van der Waals surface area contributed by atoms with Crippen LogP contribution in [0.5, 0.6) is 0 Å². The molecule has 0 aliphatic heterocycles. The molecule has 0 saturated carbocycles. The quantitative estimate of drug-likeness (QED) is 0.589. The Kier molecular flexibility index (Phi) is 6.61. The van der Waals surface area contributed by atoms with Gasteiger partial charge >= 0.3 is 0 Å². The van der Waals surface area contributed by atoms with Crippen molar-refractivity contribution in [3.63, 3.8) is 0 Å². The molecule has 1 aromatic carbocycles. The molecule has 0 aliphatic rings. The third-order valence-corrected chi connectivity index (χ3v) is 4.95. The van der Waals surface area contributed by atoms with Crippen molar-refractivity contribution >= 4 is 39.9 Å². The van der Waals surface area contributed by atoms with Crippen LogP contribution in [-0.2, 0) is 4.79 Å². The fourth-order valence-corrected chi connectivity index (χ4v) is 3.52. The van der Waals surface area contributed by atoms with Gasteiger partial charge in [-0.2, -0.15) is 0 Å². The predicted octanol–water partition coefficient (Wildman–Crippen LogP) is 3.76. The van der Waals surface area contributed by atoms with Crippen molar-refractivity contribution < 1.29 is 14.0 Å². The van der Waals surface area contributed by atoms with E-state index in [0.717, 1.165) is 10.6 Å². The molecule has 0 saturated heterocycles. The molecule has 0 radical (unpaired) electrons. The molecule has 0 aliphatic carbocycles. The largest absolute Gasteiger partial charge is 0.355 e. The van der Waals surface area contributed by atoms with E-state index in [9.17, 15) is 14.0 Å². The van der Waals surface area contributed by atoms with Crippen molar-refractivity contribution in [2.45, 2.75) is 17.7 Å². The van der Waals surface area contributed by atoms with Crippen LogP contribution < -0.4 is 10.6 Å². The maximum atomic E-state index is 12.8. The first-order valence-corrected chi connectivity index (χ1v) is 8.94. The van der Waals surface area contributed by atoms with Crippen LogP contribution in [0.3, 0.4) is 0 Å². The molecule has 2 N–H and O–H groups in total. The first-order valence-electron chi connectivity index (χ1n) is 7.08. The second-order valence-corrected chi connectivity index (χ2v) is 6.78. The standard InChI is InChI=1S/C16H17FN2O2S2/c1-18-15(21)13-8-10-23-16(13)19-14(20)3-2-9-22-12-6-4-11(17)5-7-12/h4-8,10H,2-3,9H2,1H3,(H,18,21)(H,19,20). The zero-order valence-corrected chi connectivity index (χ0v) is 14.2. The van der Waals surface area contributed by atoms with E-state index in [1.165, 1.54) is 23.5 Å². The van der Waals surface area contributed by atoms with Gasteiger partial charge in [-0.1, -0.05) is 0 Å². The number of amides is 2. The average molecular weight is 352 g/mol. The van der Waals surface area contributed by atoms with Gasteiger partial charge in [-0.15, -0.1) is 23.1 Å². The first kappa shape index (κ1) is 17.5. The predicted molar refractivity (Wildman–Crippen MR) is 92.7 cm³/mol. The molecule has 7 heteroatoms. The van der Waals surface area contributed by atoms with E-state index in [1.54, 1.807) is 42.4 Å². The maximum Gasteiger partial charge on any atom is 0.254 e. The summed E-state index contributed by atoms with van der Waals surface area (Å²) in [7, 11) is 1.55. The summed E-state index contributed by atoms with van der Waals surface area (Å²) in [6, 6.07) is 7.98. The van der Waals surface area contributed by atoms with Gasteiger partial charge in [0.2, 0.25) is 5.91 Å². The Labute approximate surface area is 142 Å². The number of rotatable bonds is 7. The van der Waals surface area contributed by atoms with Crippen molar-refractivity contribution in [1.82, 2.24) is 5.32 Å². The number of thiophene rings is 1. The Balaban J connectivity index is 1.74. The van der Waals surface area contributed by atoms with Crippen molar-refractivity contribution in [2.75, 3.05) is 18.1 Å². The molecule has 0 atom stereocenters. The van der Waals surface area contributed by atoms with Crippen molar-refractivity contribution in [1.29, 1.82) is 0 Å². The van der Waals surface area contributed by atoms with Gasteiger partial charge < -0.3 is 10.6 Å². The minimum Gasteiger partial charge on any atom is -0.355 e. The molecule has 23 heavy (non-hydrogen) atoms. The molecule has 4 nitrogen and oxygen atoms in total. The number of carbonyl (C=O) groups excluding carboxylic acids is 2. The Bertz CT molecular complexity index is 671. The minimum absolute atomic E-state index is 0.114. The summed E-state index contributed by atoms with van der Waals surface area (Å²) in [6.07, 6.45) is 1.08. The Morgan fingerprint density at radius 1 is 1.22 bits per heavy atom. The van der Waals surface area contributed by atoms with Gasteiger partial charge in [-0.3, -0.25) is 9.59 Å². The average Bonchev–Trinajstić information content (AvgIpc) is 3.00. The monoisotopic (exact) mass is 352 g/mol. The van der Waals surface area contributed by atoms with Crippen LogP contribution in [-0.4, -0.2) is 24.6 Å². The lowest BCUT2D eigenvalue weighted by molar-refractivity contribution is -0.116. The lowest BCUT2D eigenvalue weighted by atomic mass is 10.3. The van der Waals surface area contributed by atoms with E-state index in [4.69, 9.17) is 0 Å². The highest BCUT2D eigenvalue weighted by atomic mass is 32.2. The van der Waals surface area contributed by atoms with E-state index >= 15 is 0 Å². The maximum absolute atomic E-state index is 12.8. The van der Waals surface area contributed by atoms with E-state index in [1.807, 2.05) is 0 Å². The van der Waals surface area contributed by atoms with Crippen molar-refractivity contribution in [3.05, 3.63) is 47.1 Å². The fourth-order valence-electron chi connectivity index (χ4n) is 1.86. The lowest BCUT2D eigenvalue weighted by Crippen LogP contribution is -2.20. The summed E-state index contributed by atoms with van der Waals surface area (Å²) in [6.45, 7) is 0. The number of hydrogen-bond donors (Lipinski definition) is 2. The van der Waals surface area contributed by atoms with Crippen molar-refractivity contribution in [2.24, 2.45) is 0 Å². The van der Waals surface area contributed by atoms with Gasteiger partial charge in [-0.05, 0) is 47.9 Å². The summed E-state index contributed by atoms with van der Waals surface area (Å²) < 4.78 is 12.8. The molecule has 122 valence electrons. The third kappa shape index (κ3) is 5.37. The van der Waals surface area contributed by atoms with Gasteiger partial charge in [0.15, 0.2) is 0 Å². The normalized spacial score (nSPS) is 10.3. The van der Waals surface area contributed by atoms with Gasteiger partial charge in [-0.25, -0.2) is 4.39 Å². The number of nitrogens with one attached hydrogen (secondary N) is 2. The van der Waals surface area contributed by atoms with Gasteiger partial charge in [0.1, 0.15) is 10.8 Å². The molecule has 1 aromatic heterocycles. The number of carbonyl (C=O) groups is 2. The zero-order chi connectivity index (χ0) is 16.7. The van der Waals surface area contributed by atoms with Crippen LogP contribution in [0.15, 0.2) is 40.6 Å². The molecule has 2 aromatic rings. The third-order valence-electron chi connectivity index (χ3n) is 3.02. The lowest BCUT2D eigenvalue weighted by Gasteiger charge is -2.06. The Morgan fingerprint density at radius 2 is 1.96 bits per heavy atom. The Hall–Kier alpha value is -1.86. The summed E-state index contributed by atoms with van der Waals surface area (Å²) in [5.41, 5.74) is 0.478. The van der Waals surface area contributed by atoms with Gasteiger partial charge in [0.05, 0.1) is 5.56 Å². The molecular formula is C16H17FN2O2S2. The molecular weight excluding hydrogens is 335 g/mol. The van der Waals surface area contributed by atoms with Gasteiger partial charge in [0, 0.05) is 18.4 Å². The molecule has 0 fully saturated rings.